The van der Waals surface area contributed by atoms with E-state index in [0.717, 1.165) is 17.8 Å². The van der Waals surface area contributed by atoms with Crippen LogP contribution in [0.15, 0.2) is 48.5 Å². The molecule has 2 aromatic rings. The molecule has 0 aliphatic rings. The van der Waals surface area contributed by atoms with Crippen molar-refractivity contribution in [1.82, 2.24) is 0 Å². The highest BCUT2D eigenvalue weighted by Crippen LogP contribution is 2.35. The molecule has 8 heteroatoms. The van der Waals surface area contributed by atoms with Crippen LogP contribution in [0.1, 0.15) is 12.5 Å². The highest BCUT2D eigenvalue weighted by molar-refractivity contribution is 5.95. The molecule has 0 radical (unpaired) electrons. The highest BCUT2D eigenvalue weighted by atomic mass is 19.4. The van der Waals surface area contributed by atoms with Gasteiger partial charge in [0.2, 0.25) is 5.91 Å². The van der Waals surface area contributed by atoms with Crippen LogP contribution in [0.3, 0.4) is 0 Å². The van der Waals surface area contributed by atoms with Crippen molar-refractivity contribution in [3.63, 3.8) is 0 Å². The maximum Gasteiger partial charge on any atom is 0.416 e. The van der Waals surface area contributed by atoms with Crippen LogP contribution < -0.4 is 15.0 Å². The molecule has 0 aliphatic heterocycles. The van der Waals surface area contributed by atoms with Gasteiger partial charge in [-0.05, 0) is 37.3 Å². The maximum absolute atomic E-state index is 13.0. The fourth-order valence-corrected chi connectivity index (χ4v) is 2.55. The van der Waals surface area contributed by atoms with E-state index >= 15 is 0 Å². The van der Waals surface area contributed by atoms with Crippen LogP contribution in [0.5, 0.6) is 5.75 Å². The summed E-state index contributed by atoms with van der Waals surface area (Å²) < 4.78 is 49.5. The van der Waals surface area contributed by atoms with Gasteiger partial charge in [0.1, 0.15) is 12.4 Å². The first kappa shape index (κ1) is 21.6. The minimum atomic E-state index is -4.52. The number of anilines is 2. The molecule has 1 N–H and O–H groups in total. The fraction of sp³-hybridized carbons (Fsp3) is 0.350. The van der Waals surface area contributed by atoms with Gasteiger partial charge in [0.15, 0.2) is 0 Å². The summed E-state index contributed by atoms with van der Waals surface area (Å²) in [6.45, 7) is 2.87. The van der Waals surface area contributed by atoms with E-state index in [1.165, 1.54) is 13.2 Å². The monoisotopic (exact) mass is 396 g/mol. The molecule has 2 aromatic carbocycles. The first-order chi connectivity index (χ1) is 13.3. The second-order valence-electron chi connectivity index (χ2n) is 5.95. The Morgan fingerprint density at radius 2 is 1.82 bits per heavy atom. The zero-order chi connectivity index (χ0) is 20.6. The normalized spacial score (nSPS) is 11.2. The van der Waals surface area contributed by atoms with Crippen LogP contribution in [0, 0.1) is 0 Å². The third-order valence-corrected chi connectivity index (χ3v) is 3.96. The number of nitrogens with one attached hydrogen (secondary N) is 1. The van der Waals surface area contributed by atoms with E-state index < -0.39 is 17.6 Å². The second kappa shape index (κ2) is 9.98. The third-order valence-electron chi connectivity index (χ3n) is 3.96. The van der Waals surface area contributed by atoms with E-state index in [2.05, 4.69) is 5.32 Å². The number of amides is 1. The Hall–Kier alpha value is -2.74. The zero-order valence-electron chi connectivity index (χ0n) is 15.8. The van der Waals surface area contributed by atoms with Crippen molar-refractivity contribution in [2.24, 2.45) is 0 Å². The molecule has 0 aromatic heterocycles. The van der Waals surface area contributed by atoms with Crippen molar-refractivity contribution in [2.45, 2.75) is 13.1 Å². The van der Waals surface area contributed by atoms with Crippen LogP contribution in [0.4, 0.5) is 24.5 Å². The van der Waals surface area contributed by atoms with Gasteiger partial charge in [-0.1, -0.05) is 18.2 Å². The smallest absolute Gasteiger partial charge is 0.416 e. The van der Waals surface area contributed by atoms with E-state index in [-0.39, 0.29) is 31.2 Å². The Morgan fingerprint density at radius 1 is 1.11 bits per heavy atom. The molecule has 0 unspecified atom stereocenters. The number of likely N-dealkylation sites (N-methyl/N-ethyl adjacent to an activating group) is 1. The molecule has 0 bridgehead atoms. The van der Waals surface area contributed by atoms with Crippen molar-refractivity contribution in [3.05, 3.63) is 54.1 Å². The van der Waals surface area contributed by atoms with Crippen LogP contribution in [0.2, 0.25) is 0 Å². The summed E-state index contributed by atoms with van der Waals surface area (Å²) in [5.41, 5.74) is -0.0434. The number of carbonyl (C=O) groups excluding carboxylic acids is 1. The number of halogens is 3. The molecule has 28 heavy (non-hydrogen) atoms. The van der Waals surface area contributed by atoms with E-state index in [1.807, 2.05) is 42.2 Å². The van der Waals surface area contributed by atoms with Gasteiger partial charge < -0.3 is 19.7 Å². The SMILES string of the molecule is CCN(CC(=O)Nc1cc(C(F)(F)F)ccc1OCCOC)c1ccccc1. The molecule has 0 atom stereocenters. The van der Waals surface area contributed by atoms with Crippen molar-refractivity contribution >= 4 is 17.3 Å². The van der Waals surface area contributed by atoms with Gasteiger partial charge in [0.05, 0.1) is 24.4 Å². The summed E-state index contributed by atoms with van der Waals surface area (Å²) in [4.78, 5) is 14.3. The molecule has 5 nitrogen and oxygen atoms in total. The number of benzene rings is 2. The number of hydrogen-bond donors (Lipinski definition) is 1. The van der Waals surface area contributed by atoms with Gasteiger partial charge in [0.25, 0.3) is 0 Å². The van der Waals surface area contributed by atoms with Crippen LogP contribution >= 0.6 is 0 Å². The number of methoxy groups -OCH3 is 1. The molecular weight excluding hydrogens is 373 g/mol. The lowest BCUT2D eigenvalue weighted by atomic mass is 10.1. The van der Waals surface area contributed by atoms with Crippen molar-refractivity contribution in [3.8, 4) is 5.75 Å². The first-order valence-electron chi connectivity index (χ1n) is 8.78. The number of nitrogens with zero attached hydrogens (tertiary/aromatic N) is 1. The molecular formula is C20H23F3N2O3. The lowest BCUT2D eigenvalue weighted by Gasteiger charge is -2.23. The Kier molecular flexibility index (Phi) is 7.69. The number of hydrogen-bond acceptors (Lipinski definition) is 4. The molecule has 0 saturated carbocycles. The fourth-order valence-electron chi connectivity index (χ4n) is 2.55. The summed E-state index contributed by atoms with van der Waals surface area (Å²) in [6.07, 6.45) is -4.52. The molecule has 0 spiro atoms. The van der Waals surface area contributed by atoms with Gasteiger partial charge in [-0.25, -0.2) is 0 Å². The summed E-state index contributed by atoms with van der Waals surface area (Å²) in [5, 5.41) is 2.54. The first-order valence-corrected chi connectivity index (χ1v) is 8.78. The molecule has 0 heterocycles. The van der Waals surface area contributed by atoms with Crippen LogP contribution in [0.25, 0.3) is 0 Å². The maximum atomic E-state index is 13.0. The summed E-state index contributed by atoms with van der Waals surface area (Å²) >= 11 is 0. The van der Waals surface area contributed by atoms with Gasteiger partial charge in [-0.2, -0.15) is 13.2 Å². The largest absolute Gasteiger partial charge is 0.489 e. The predicted octanol–water partition coefficient (Wildman–Crippen LogP) is 4.20. The number of rotatable bonds is 9. The van der Waals surface area contributed by atoms with Crippen molar-refractivity contribution in [1.29, 1.82) is 0 Å². The average molecular weight is 396 g/mol. The van der Waals surface area contributed by atoms with Gasteiger partial charge in [-0.3, -0.25) is 4.79 Å². The van der Waals surface area contributed by atoms with E-state index in [9.17, 15) is 18.0 Å². The minimum absolute atomic E-state index is 0.00568. The summed E-state index contributed by atoms with van der Waals surface area (Å²) in [5.74, 6) is -0.289. The highest BCUT2D eigenvalue weighted by Gasteiger charge is 2.31. The lowest BCUT2D eigenvalue weighted by Crippen LogP contribution is -2.33. The van der Waals surface area contributed by atoms with E-state index in [0.29, 0.717) is 6.54 Å². The summed E-state index contributed by atoms with van der Waals surface area (Å²) in [7, 11) is 1.49. The minimum Gasteiger partial charge on any atom is -0.489 e. The summed E-state index contributed by atoms with van der Waals surface area (Å²) in [6, 6.07) is 12.3. The van der Waals surface area contributed by atoms with Gasteiger partial charge in [0, 0.05) is 19.3 Å². The predicted molar refractivity (Wildman–Crippen MR) is 102 cm³/mol. The topological polar surface area (TPSA) is 50.8 Å². The molecule has 2 rings (SSSR count). The standard InChI is InChI=1S/C20H23F3N2O3/c1-3-25(16-7-5-4-6-8-16)14-19(26)24-17-13-15(20(21,22)23)9-10-18(17)28-12-11-27-2/h4-10,13H,3,11-12,14H2,1-2H3,(H,24,26). The van der Waals surface area contributed by atoms with Crippen LogP contribution in [-0.4, -0.2) is 39.3 Å². The average Bonchev–Trinajstić information content (AvgIpc) is 2.67. The Labute approximate surface area is 162 Å². The Bertz CT molecular complexity index is 767. The van der Waals surface area contributed by atoms with Crippen LogP contribution in [-0.2, 0) is 15.7 Å². The Morgan fingerprint density at radius 3 is 2.43 bits per heavy atom. The van der Waals surface area contributed by atoms with Crippen molar-refractivity contribution < 1.29 is 27.4 Å². The lowest BCUT2D eigenvalue weighted by molar-refractivity contribution is -0.137. The number of ether oxygens (including phenoxy) is 2. The van der Waals surface area contributed by atoms with Gasteiger partial charge >= 0.3 is 6.18 Å². The molecule has 0 fully saturated rings. The molecule has 1 amide bonds. The molecule has 0 saturated heterocycles. The molecule has 152 valence electrons. The van der Waals surface area contributed by atoms with E-state index in [4.69, 9.17) is 9.47 Å². The van der Waals surface area contributed by atoms with Gasteiger partial charge in [-0.15, -0.1) is 0 Å². The Balaban J connectivity index is 2.17. The quantitative estimate of drug-likeness (QED) is 0.646. The number of carbonyl (C=O) groups is 1. The zero-order valence-corrected chi connectivity index (χ0v) is 15.8. The van der Waals surface area contributed by atoms with E-state index in [1.54, 1.807) is 0 Å². The number of alkyl halides is 3. The molecule has 0 aliphatic carbocycles. The number of para-hydroxylation sites is 1. The second-order valence-corrected chi connectivity index (χ2v) is 5.95. The third kappa shape index (κ3) is 6.16. The van der Waals surface area contributed by atoms with Crippen molar-refractivity contribution in [2.75, 3.05) is 43.6 Å².